The maximum absolute atomic E-state index is 13.7. The average Bonchev–Trinajstić information content (AvgIpc) is 2.73. The SMILES string of the molecule is Cc1cc(C)c2nc(-c3ccccc3F)[nH]c2c1. The zero-order valence-electron chi connectivity index (χ0n) is 10.3. The van der Waals surface area contributed by atoms with E-state index in [1.54, 1.807) is 12.1 Å². The molecular formula is C15H13FN2. The number of halogens is 1. The summed E-state index contributed by atoms with van der Waals surface area (Å²) in [6, 6.07) is 10.8. The molecule has 0 spiro atoms. The predicted octanol–water partition coefficient (Wildman–Crippen LogP) is 3.99. The normalized spacial score (nSPS) is 11.1. The first kappa shape index (κ1) is 11.0. The molecule has 3 heteroatoms. The summed E-state index contributed by atoms with van der Waals surface area (Å²) >= 11 is 0. The van der Waals surface area contributed by atoms with Crippen molar-refractivity contribution in [3.63, 3.8) is 0 Å². The molecule has 0 amide bonds. The van der Waals surface area contributed by atoms with Crippen LogP contribution in [0.15, 0.2) is 36.4 Å². The number of aromatic amines is 1. The Hall–Kier alpha value is -2.16. The van der Waals surface area contributed by atoms with Gasteiger partial charge in [0.25, 0.3) is 0 Å². The number of H-pyrrole nitrogens is 1. The summed E-state index contributed by atoms with van der Waals surface area (Å²) in [5.74, 6) is 0.322. The minimum absolute atomic E-state index is 0.258. The summed E-state index contributed by atoms with van der Waals surface area (Å²) in [6.07, 6.45) is 0. The van der Waals surface area contributed by atoms with E-state index < -0.39 is 0 Å². The molecule has 0 unspecified atom stereocenters. The van der Waals surface area contributed by atoms with Crippen LogP contribution in [-0.4, -0.2) is 9.97 Å². The van der Waals surface area contributed by atoms with Crippen molar-refractivity contribution in [1.29, 1.82) is 0 Å². The van der Waals surface area contributed by atoms with E-state index in [0.717, 1.165) is 16.6 Å². The van der Waals surface area contributed by atoms with Gasteiger partial charge >= 0.3 is 0 Å². The molecule has 0 saturated heterocycles. The number of imidazole rings is 1. The Morgan fingerprint density at radius 2 is 1.89 bits per heavy atom. The number of hydrogen-bond donors (Lipinski definition) is 1. The molecule has 0 bridgehead atoms. The fourth-order valence-electron chi connectivity index (χ4n) is 2.25. The number of nitrogens with one attached hydrogen (secondary N) is 1. The molecule has 2 aromatic carbocycles. The summed E-state index contributed by atoms with van der Waals surface area (Å²) in [4.78, 5) is 7.67. The van der Waals surface area contributed by atoms with E-state index in [0.29, 0.717) is 11.4 Å². The molecule has 1 heterocycles. The van der Waals surface area contributed by atoms with Crippen LogP contribution in [-0.2, 0) is 0 Å². The third-order valence-corrected chi connectivity index (χ3v) is 3.05. The van der Waals surface area contributed by atoms with Gasteiger partial charge in [-0.25, -0.2) is 9.37 Å². The molecule has 0 aliphatic rings. The number of nitrogens with zero attached hydrogens (tertiary/aromatic N) is 1. The highest BCUT2D eigenvalue weighted by Crippen LogP contribution is 2.25. The average molecular weight is 240 g/mol. The molecule has 1 aromatic heterocycles. The Morgan fingerprint density at radius 3 is 2.67 bits per heavy atom. The number of aryl methyl sites for hydroxylation is 2. The molecule has 0 aliphatic heterocycles. The maximum atomic E-state index is 13.7. The smallest absolute Gasteiger partial charge is 0.141 e. The molecular weight excluding hydrogens is 227 g/mol. The number of aromatic nitrogens is 2. The van der Waals surface area contributed by atoms with Gasteiger partial charge in [0.05, 0.1) is 16.6 Å². The Balaban J connectivity index is 2.26. The van der Waals surface area contributed by atoms with Gasteiger partial charge in [0.2, 0.25) is 0 Å². The number of benzene rings is 2. The third-order valence-electron chi connectivity index (χ3n) is 3.05. The van der Waals surface area contributed by atoms with Gasteiger partial charge in [-0.3, -0.25) is 0 Å². The first-order valence-electron chi connectivity index (χ1n) is 5.87. The minimum Gasteiger partial charge on any atom is -0.338 e. The van der Waals surface area contributed by atoms with Gasteiger partial charge < -0.3 is 4.98 Å². The second-order valence-corrected chi connectivity index (χ2v) is 4.54. The summed E-state index contributed by atoms with van der Waals surface area (Å²) in [7, 11) is 0. The third kappa shape index (κ3) is 1.68. The van der Waals surface area contributed by atoms with E-state index in [9.17, 15) is 4.39 Å². The standard InChI is InChI=1S/C15H13FN2/c1-9-7-10(2)14-13(8-9)17-15(18-14)11-5-3-4-6-12(11)16/h3-8H,1-2H3,(H,17,18). The lowest BCUT2D eigenvalue weighted by Gasteiger charge is -1.97. The van der Waals surface area contributed by atoms with Gasteiger partial charge in [-0.2, -0.15) is 0 Å². The van der Waals surface area contributed by atoms with Crippen LogP contribution in [0.3, 0.4) is 0 Å². The Labute approximate surface area is 104 Å². The van der Waals surface area contributed by atoms with Crippen LogP contribution in [0, 0.1) is 19.7 Å². The summed E-state index contributed by atoms with van der Waals surface area (Å²) in [5, 5.41) is 0. The second kappa shape index (κ2) is 3.95. The van der Waals surface area contributed by atoms with E-state index in [4.69, 9.17) is 0 Å². The van der Waals surface area contributed by atoms with E-state index >= 15 is 0 Å². The van der Waals surface area contributed by atoms with Crippen LogP contribution in [0.4, 0.5) is 4.39 Å². The van der Waals surface area contributed by atoms with Crippen molar-refractivity contribution in [1.82, 2.24) is 9.97 Å². The minimum atomic E-state index is -0.258. The molecule has 0 atom stereocenters. The van der Waals surface area contributed by atoms with Gasteiger partial charge in [0.15, 0.2) is 0 Å². The molecule has 0 saturated carbocycles. The van der Waals surface area contributed by atoms with Crippen LogP contribution in [0.5, 0.6) is 0 Å². The topological polar surface area (TPSA) is 28.7 Å². The highest BCUT2D eigenvalue weighted by molar-refractivity contribution is 5.83. The van der Waals surface area contributed by atoms with E-state index in [1.807, 2.05) is 26.0 Å². The number of rotatable bonds is 1. The largest absolute Gasteiger partial charge is 0.338 e. The van der Waals surface area contributed by atoms with Crippen molar-refractivity contribution in [3.8, 4) is 11.4 Å². The van der Waals surface area contributed by atoms with Crippen molar-refractivity contribution in [3.05, 3.63) is 53.3 Å². The summed E-state index contributed by atoms with van der Waals surface area (Å²) < 4.78 is 13.7. The van der Waals surface area contributed by atoms with Crippen LogP contribution in [0.1, 0.15) is 11.1 Å². The van der Waals surface area contributed by atoms with Gasteiger partial charge in [-0.05, 0) is 43.2 Å². The maximum Gasteiger partial charge on any atom is 0.141 e. The van der Waals surface area contributed by atoms with Crippen molar-refractivity contribution >= 4 is 11.0 Å². The lowest BCUT2D eigenvalue weighted by Crippen LogP contribution is -1.85. The van der Waals surface area contributed by atoms with E-state index in [2.05, 4.69) is 16.0 Å². The fraction of sp³-hybridized carbons (Fsp3) is 0.133. The summed E-state index contributed by atoms with van der Waals surface area (Å²) in [6.45, 7) is 4.05. The Bertz CT molecular complexity index is 728. The monoisotopic (exact) mass is 240 g/mol. The molecule has 3 aromatic rings. The van der Waals surface area contributed by atoms with Crippen molar-refractivity contribution in [2.75, 3.05) is 0 Å². The van der Waals surface area contributed by atoms with Gasteiger partial charge in [-0.15, -0.1) is 0 Å². The highest BCUT2D eigenvalue weighted by Gasteiger charge is 2.10. The van der Waals surface area contributed by atoms with Crippen molar-refractivity contribution < 1.29 is 4.39 Å². The van der Waals surface area contributed by atoms with Crippen molar-refractivity contribution in [2.24, 2.45) is 0 Å². The molecule has 0 aliphatic carbocycles. The number of hydrogen-bond acceptors (Lipinski definition) is 1. The van der Waals surface area contributed by atoms with Gasteiger partial charge in [0, 0.05) is 0 Å². The summed E-state index contributed by atoms with van der Waals surface area (Å²) in [5.41, 5.74) is 4.63. The van der Waals surface area contributed by atoms with Gasteiger partial charge in [0.1, 0.15) is 11.6 Å². The van der Waals surface area contributed by atoms with Crippen LogP contribution < -0.4 is 0 Å². The number of fused-ring (bicyclic) bond motifs is 1. The quantitative estimate of drug-likeness (QED) is 0.684. The first-order valence-corrected chi connectivity index (χ1v) is 5.87. The first-order chi connectivity index (χ1) is 8.65. The molecule has 18 heavy (non-hydrogen) atoms. The lowest BCUT2D eigenvalue weighted by molar-refractivity contribution is 0.630. The zero-order chi connectivity index (χ0) is 12.7. The van der Waals surface area contributed by atoms with E-state index in [-0.39, 0.29) is 5.82 Å². The predicted molar refractivity (Wildman–Crippen MR) is 71.0 cm³/mol. The zero-order valence-corrected chi connectivity index (χ0v) is 10.3. The lowest BCUT2D eigenvalue weighted by atomic mass is 10.1. The molecule has 90 valence electrons. The van der Waals surface area contributed by atoms with Crippen molar-refractivity contribution in [2.45, 2.75) is 13.8 Å². The van der Waals surface area contributed by atoms with E-state index in [1.165, 1.54) is 11.6 Å². The van der Waals surface area contributed by atoms with Gasteiger partial charge in [-0.1, -0.05) is 18.2 Å². The molecule has 0 radical (unpaired) electrons. The fourth-order valence-corrected chi connectivity index (χ4v) is 2.25. The van der Waals surface area contributed by atoms with Crippen LogP contribution >= 0.6 is 0 Å². The molecule has 3 rings (SSSR count). The van der Waals surface area contributed by atoms with Crippen LogP contribution in [0.25, 0.3) is 22.4 Å². The Kier molecular flexibility index (Phi) is 2.40. The molecule has 2 nitrogen and oxygen atoms in total. The molecule has 0 fully saturated rings. The second-order valence-electron chi connectivity index (χ2n) is 4.54. The Morgan fingerprint density at radius 1 is 1.11 bits per heavy atom. The highest BCUT2D eigenvalue weighted by atomic mass is 19.1. The molecule has 1 N–H and O–H groups in total. The van der Waals surface area contributed by atoms with Crippen LogP contribution in [0.2, 0.25) is 0 Å².